The van der Waals surface area contributed by atoms with E-state index in [1.807, 2.05) is 13.8 Å². The fourth-order valence-electron chi connectivity index (χ4n) is 3.26. The first-order valence-corrected chi connectivity index (χ1v) is 12.0. The van der Waals surface area contributed by atoms with E-state index in [4.69, 9.17) is 9.47 Å². The molecule has 0 saturated carbocycles. The molecule has 0 saturated heterocycles. The number of carbonyl (C=O) groups excluding carboxylic acids is 2. The fourth-order valence-corrected chi connectivity index (χ4v) is 3.26. The summed E-state index contributed by atoms with van der Waals surface area (Å²) < 4.78 is 10.5. The van der Waals surface area contributed by atoms with Crippen molar-refractivity contribution in [3.05, 3.63) is 35.4 Å². The van der Waals surface area contributed by atoms with E-state index in [2.05, 4.69) is 6.92 Å². The minimum absolute atomic E-state index is 0.295. The van der Waals surface area contributed by atoms with Crippen LogP contribution in [0, 0.1) is 5.92 Å². The average Bonchev–Trinajstić information content (AvgIpc) is 2.75. The maximum atomic E-state index is 12.1. The molecule has 1 aromatic rings. The SMILES string of the molecule is CCCCCCCCCCCCCCOC(=O)c1ccc(C(=O)OCC(C)C)cc1. The molecular weight excluding hydrogens is 376 g/mol. The Labute approximate surface area is 183 Å². The van der Waals surface area contributed by atoms with E-state index in [0.29, 0.717) is 30.3 Å². The second kappa shape index (κ2) is 16.9. The summed E-state index contributed by atoms with van der Waals surface area (Å²) >= 11 is 0. The average molecular weight is 419 g/mol. The van der Waals surface area contributed by atoms with Crippen molar-refractivity contribution in [1.29, 1.82) is 0 Å². The van der Waals surface area contributed by atoms with Gasteiger partial charge in [-0.25, -0.2) is 9.59 Å². The molecule has 0 atom stereocenters. The topological polar surface area (TPSA) is 52.6 Å². The molecule has 1 rings (SSSR count). The van der Waals surface area contributed by atoms with E-state index in [0.717, 1.165) is 12.8 Å². The number of benzene rings is 1. The third-order valence-electron chi connectivity index (χ3n) is 5.14. The van der Waals surface area contributed by atoms with Crippen molar-refractivity contribution in [1.82, 2.24) is 0 Å². The van der Waals surface area contributed by atoms with Gasteiger partial charge in [-0.05, 0) is 36.6 Å². The molecule has 0 unspecified atom stereocenters. The van der Waals surface area contributed by atoms with Gasteiger partial charge in [-0.15, -0.1) is 0 Å². The Balaban J connectivity index is 2.06. The molecule has 4 nitrogen and oxygen atoms in total. The minimum Gasteiger partial charge on any atom is -0.462 e. The normalized spacial score (nSPS) is 10.9. The van der Waals surface area contributed by atoms with Gasteiger partial charge in [-0.2, -0.15) is 0 Å². The molecule has 0 aliphatic carbocycles. The number of esters is 2. The van der Waals surface area contributed by atoms with Gasteiger partial charge in [0.1, 0.15) is 0 Å². The Morgan fingerprint density at radius 3 is 1.50 bits per heavy atom. The predicted molar refractivity (Wildman–Crippen MR) is 123 cm³/mol. The van der Waals surface area contributed by atoms with Crippen LogP contribution in [-0.4, -0.2) is 25.2 Å². The van der Waals surface area contributed by atoms with E-state index in [9.17, 15) is 9.59 Å². The summed E-state index contributed by atoms with van der Waals surface area (Å²) in [5.41, 5.74) is 0.919. The van der Waals surface area contributed by atoms with Crippen LogP contribution < -0.4 is 0 Å². The van der Waals surface area contributed by atoms with Crippen molar-refractivity contribution >= 4 is 11.9 Å². The van der Waals surface area contributed by atoms with Crippen LogP contribution in [0.5, 0.6) is 0 Å². The van der Waals surface area contributed by atoms with Crippen molar-refractivity contribution in [3.8, 4) is 0 Å². The Morgan fingerprint density at radius 2 is 1.07 bits per heavy atom. The lowest BCUT2D eigenvalue weighted by Crippen LogP contribution is -2.11. The van der Waals surface area contributed by atoms with Gasteiger partial charge in [0.05, 0.1) is 24.3 Å². The van der Waals surface area contributed by atoms with Crippen molar-refractivity contribution in [2.24, 2.45) is 5.92 Å². The van der Waals surface area contributed by atoms with Gasteiger partial charge in [0, 0.05) is 0 Å². The Bertz CT molecular complexity index is 577. The Kier molecular flexibility index (Phi) is 14.8. The smallest absolute Gasteiger partial charge is 0.338 e. The highest BCUT2D eigenvalue weighted by Crippen LogP contribution is 2.13. The maximum absolute atomic E-state index is 12.1. The Hall–Kier alpha value is -1.84. The molecule has 0 fully saturated rings. The zero-order valence-electron chi connectivity index (χ0n) is 19.4. The zero-order valence-corrected chi connectivity index (χ0v) is 19.4. The molecule has 1 aromatic carbocycles. The summed E-state index contributed by atoms with van der Waals surface area (Å²) in [5.74, 6) is -0.399. The van der Waals surface area contributed by atoms with Gasteiger partial charge in [0.2, 0.25) is 0 Å². The molecular formula is C26H42O4. The summed E-state index contributed by atoms with van der Waals surface area (Å²) in [6.07, 6.45) is 15.4. The van der Waals surface area contributed by atoms with E-state index in [1.54, 1.807) is 24.3 Å². The van der Waals surface area contributed by atoms with Gasteiger partial charge >= 0.3 is 11.9 Å². The van der Waals surface area contributed by atoms with Crippen LogP contribution in [0.1, 0.15) is 119 Å². The lowest BCUT2D eigenvalue weighted by molar-refractivity contribution is 0.0454. The largest absolute Gasteiger partial charge is 0.462 e. The molecule has 0 N–H and O–H groups in total. The van der Waals surface area contributed by atoms with Gasteiger partial charge in [0.25, 0.3) is 0 Å². The molecule has 4 heteroatoms. The maximum Gasteiger partial charge on any atom is 0.338 e. The molecule has 0 aliphatic rings. The zero-order chi connectivity index (χ0) is 22.0. The number of rotatable bonds is 17. The number of ether oxygens (including phenoxy) is 2. The van der Waals surface area contributed by atoms with Crippen LogP contribution in [0.25, 0.3) is 0 Å². The first-order valence-electron chi connectivity index (χ1n) is 12.0. The number of unbranched alkanes of at least 4 members (excludes halogenated alkanes) is 11. The molecule has 170 valence electrons. The second-order valence-corrected chi connectivity index (χ2v) is 8.59. The van der Waals surface area contributed by atoms with Gasteiger partial charge in [0.15, 0.2) is 0 Å². The Morgan fingerprint density at radius 1 is 0.667 bits per heavy atom. The van der Waals surface area contributed by atoms with Crippen LogP contribution in [0.15, 0.2) is 24.3 Å². The third-order valence-corrected chi connectivity index (χ3v) is 5.14. The van der Waals surface area contributed by atoms with E-state index >= 15 is 0 Å². The molecule has 0 radical (unpaired) electrons. The first-order chi connectivity index (χ1) is 14.5. The van der Waals surface area contributed by atoms with Crippen LogP contribution in [0.4, 0.5) is 0 Å². The van der Waals surface area contributed by atoms with E-state index < -0.39 is 0 Å². The van der Waals surface area contributed by atoms with Gasteiger partial charge < -0.3 is 9.47 Å². The molecule has 30 heavy (non-hydrogen) atoms. The number of hydrogen-bond acceptors (Lipinski definition) is 4. The molecule has 0 aromatic heterocycles. The lowest BCUT2D eigenvalue weighted by atomic mass is 10.1. The summed E-state index contributed by atoms with van der Waals surface area (Å²) in [7, 11) is 0. The number of hydrogen-bond donors (Lipinski definition) is 0. The van der Waals surface area contributed by atoms with Crippen LogP contribution in [0.3, 0.4) is 0 Å². The van der Waals surface area contributed by atoms with Crippen LogP contribution in [-0.2, 0) is 9.47 Å². The fraction of sp³-hybridized carbons (Fsp3) is 0.692. The van der Waals surface area contributed by atoms with Gasteiger partial charge in [-0.3, -0.25) is 0 Å². The predicted octanol–water partition coefficient (Wildman–Crippen LogP) is 7.36. The van der Waals surface area contributed by atoms with Crippen molar-refractivity contribution in [3.63, 3.8) is 0 Å². The van der Waals surface area contributed by atoms with Crippen LogP contribution >= 0.6 is 0 Å². The highest BCUT2D eigenvalue weighted by atomic mass is 16.5. The molecule has 0 bridgehead atoms. The standard InChI is InChI=1S/C26H42O4/c1-4-5-6-7-8-9-10-11-12-13-14-15-20-29-25(27)23-16-18-24(19-17-23)26(28)30-21-22(2)3/h16-19,22H,4-15,20-21H2,1-3H3. The minimum atomic E-state index is -0.361. The molecule has 0 heterocycles. The summed E-state index contributed by atoms with van der Waals surface area (Å²) in [6, 6.07) is 6.47. The molecule has 0 amide bonds. The summed E-state index contributed by atoms with van der Waals surface area (Å²) in [4.78, 5) is 24.0. The van der Waals surface area contributed by atoms with Crippen molar-refractivity contribution < 1.29 is 19.1 Å². The monoisotopic (exact) mass is 418 g/mol. The number of carbonyl (C=O) groups is 2. The van der Waals surface area contributed by atoms with E-state index in [1.165, 1.54) is 64.2 Å². The quantitative estimate of drug-likeness (QED) is 0.196. The van der Waals surface area contributed by atoms with Crippen LogP contribution in [0.2, 0.25) is 0 Å². The van der Waals surface area contributed by atoms with Crippen molar-refractivity contribution in [2.45, 2.75) is 97.8 Å². The highest BCUT2D eigenvalue weighted by molar-refractivity contribution is 5.93. The van der Waals surface area contributed by atoms with Crippen molar-refractivity contribution in [2.75, 3.05) is 13.2 Å². The highest BCUT2D eigenvalue weighted by Gasteiger charge is 2.11. The molecule has 0 aliphatic heterocycles. The van der Waals surface area contributed by atoms with E-state index in [-0.39, 0.29) is 11.9 Å². The van der Waals surface area contributed by atoms with Gasteiger partial charge in [-0.1, -0.05) is 91.4 Å². The summed E-state index contributed by atoms with van der Waals surface area (Å²) in [6.45, 7) is 7.08. The lowest BCUT2D eigenvalue weighted by Gasteiger charge is -2.08. The second-order valence-electron chi connectivity index (χ2n) is 8.59. The molecule has 0 spiro atoms. The third kappa shape index (κ3) is 12.7. The summed E-state index contributed by atoms with van der Waals surface area (Å²) in [5, 5.41) is 0. The first kappa shape index (κ1) is 26.2.